The maximum Gasteiger partial charge on any atom is 0.340 e. The molecule has 0 saturated heterocycles. The first-order valence-electron chi connectivity index (χ1n) is 10.9. The number of para-hydroxylation sites is 1. The number of methoxy groups -OCH3 is 2. The highest BCUT2D eigenvalue weighted by Gasteiger charge is 2.19. The van der Waals surface area contributed by atoms with Gasteiger partial charge in [-0.3, -0.25) is 4.79 Å². The molecule has 9 nitrogen and oxygen atoms in total. The second kappa shape index (κ2) is 12.1. The summed E-state index contributed by atoms with van der Waals surface area (Å²) in [6, 6.07) is 18.6. The molecule has 3 rings (SSSR count). The van der Waals surface area contributed by atoms with Gasteiger partial charge in [0.1, 0.15) is 0 Å². The zero-order chi connectivity index (χ0) is 25.2. The van der Waals surface area contributed by atoms with Gasteiger partial charge < -0.3 is 30.2 Å². The van der Waals surface area contributed by atoms with Gasteiger partial charge in [0, 0.05) is 23.5 Å². The molecule has 0 atom stereocenters. The van der Waals surface area contributed by atoms with Crippen LogP contribution in [-0.2, 0) is 16.0 Å². The molecular formula is C26H27N3O6. The van der Waals surface area contributed by atoms with Gasteiger partial charge in [0.2, 0.25) is 5.91 Å². The fourth-order valence-corrected chi connectivity index (χ4v) is 3.26. The van der Waals surface area contributed by atoms with Gasteiger partial charge in [-0.15, -0.1) is 0 Å². The number of esters is 1. The van der Waals surface area contributed by atoms with Crippen LogP contribution in [0.1, 0.15) is 22.8 Å². The number of carbonyl (C=O) groups excluding carboxylic acids is 3. The maximum atomic E-state index is 12.7. The van der Waals surface area contributed by atoms with Crippen molar-refractivity contribution in [1.82, 2.24) is 0 Å². The molecule has 0 fully saturated rings. The molecule has 0 aliphatic rings. The third kappa shape index (κ3) is 6.97. The first-order chi connectivity index (χ1) is 16.9. The van der Waals surface area contributed by atoms with Crippen molar-refractivity contribution in [2.45, 2.75) is 13.3 Å². The van der Waals surface area contributed by atoms with Crippen molar-refractivity contribution in [2.75, 3.05) is 36.8 Å². The van der Waals surface area contributed by atoms with E-state index in [0.717, 1.165) is 5.56 Å². The van der Waals surface area contributed by atoms with Crippen LogP contribution in [0.5, 0.6) is 11.5 Å². The summed E-state index contributed by atoms with van der Waals surface area (Å²) in [6.45, 7) is 1.88. The van der Waals surface area contributed by atoms with Crippen molar-refractivity contribution >= 4 is 35.0 Å². The Hall–Kier alpha value is -4.53. The Morgan fingerprint density at radius 2 is 1.37 bits per heavy atom. The Bertz CT molecular complexity index is 1180. The van der Waals surface area contributed by atoms with E-state index >= 15 is 0 Å². The lowest BCUT2D eigenvalue weighted by Gasteiger charge is -2.15. The summed E-state index contributed by atoms with van der Waals surface area (Å²) in [6.07, 6.45) is 0.0487. The van der Waals surface area contributed by atoms with Gasteiger partial charge in [0.05, 0.1) is 38.5 Å². The highest BCUT2D eigenvalue weighted by atomic mass is 16.5. The molecule has 182 valence electrons. The number of carbonyl (C=O) groups is 3. The van der Waals surface area contributed by atoms with Crippen molar-refractivity contribution in [3.05, 3.63) is 77.9 Å². The summed E-state index contributed by atoms with van der Waals surface area (Å²) < 4.78 is 15.6. The summed E-state index contributed by atoms with van der Waals surface area (Å²) >= 11 is 0. The van der Waals surface area contributed by atoms with E-state index in [9.17, 15) is 14.4 Å². The van der Waals surface area contributed by atoms with Crippen LogP contribution in [0.15, 0.2) is 66.7 Å². The molecule has 0 heterocycles. The van der Waals surface area contributed by atoms with Crippen LogP contribution in [-0.4, -0.2) is 38.7 Å². The first-order valence-corrected chi connectivity index (χ1v) is 10.9. The average Bonchev–Trinajstić information content (AvgIpc) is 2.85. The van der Waals surface area contributed by atoms with E-state index in [1.54, 1.807) is 43.3 Å². The lowest BCUT2D eigenvalue weighted by Crippen LogP contribution is -2.19. The summed E-state index contributed by atoms with van der Waals surface area (Å²) in [7, 11) is 2.91. The number of urea groups is 1. The second-order valence-corrected chi connectivity index (χ2v) is 7.34. The lowest BCUT2D eigenvalue weighted by atomic mass is 10.1. The van der Waals surface area contributed by atoms with Crippen LogP contribution >= 0.6 is 0 Å². The molecule has 0 aliphatic carbocycles. The largest absolute Gasteiger partial charge is 0.493 e. The summed E-state index contributed by atoms with van der Waals surface area (Å²) in [5.74, 6) is -0.230. The Morgan fingerprint density at radius 1 is 0.771 bits per heavy atom. The minimum atomic E-state index is -0.590. The molecule has 3 N–H and O–H groups in total. The van der Waals surface area contributed by atoms with Crippen LogP contribution in [0.2, 0.25) is 0 Å². The quantitative estimate of drug-likeness (QED) is 0.385. The Labute approximate surface area is 203 Å². The van der Waals surface area contributed by atoms with Crippen LogP contribution in [0, 0.1) is 0 Å². The van der Waals surface area contributed by atoms with Gasteiger partial charge in [-0.1, -0.05) is 30.3 Å². The van der Waals surface area contributed by atoms with Crippen LogP contribution in [0.25, 0.3) is 0 Å². The number of benzene rings is 3. The molecule has 3 aromatic carbocycles. The molecule has 0 radical (unpaired) electrons. The molecule has 3 amide bonds. The molecule has 3 aromatic rings. The number of anilines is 3. The molecular weight excluding hydrogens is 450 g/mol. The number of nitrogens with one attached hydrogen (secondary N) is 3. The zero-order valence-corrected chi connectivity index (χ0v) is 19.7. The van der Waals surface area contributed by atoms with Crippen LogP contribution < -0.4 is 25.4 Å². The minimum absolute atomic E-state index is 0.0487. The summed E-state index contributed by atoms with van der Waals surface area (Å²) in [5.41, 5.74) is 2.38. The van der Waals surface area contributed by atoms with Gasteiger partial charge in [-0.05, 0) is 36.8 Å². The standard InChI is InChI=1S/C26H27N3O6/c1-4-35-25(31)20-15-22(33-2)23(34-3)16-21(20)29-24(30)14-17-10-12-19(13-11-17)28-26(32)27-18-8-6-5-7-9-18/h5-13,15-16H,4,14H2,1-3H3,(H,29,30)(H2,27,28,32). The molecule has 0 saturated carbocycles. The number of hydrogen-bond donors (Lipinski definition) is 3. The van der Waals surface area contributed by atoms with Gasteiger partial charge in [-0.2, -0.15) is 0 Å². The lowest BCUT2D eigenvalue weighted by molar-refractivity contribution is -0.115. The molecule has 35 heavy (non-hydrogen) atoms. The fraction of sp³-hybridized carbons (Fsp3) is 0.192. The molecule has 9 heteroatoms. The Balaban J connectivity index is 1.66. The number of rotatable bonds is 9. The SMILES string of the molecule is CCOC(=O)c1cc(OC)c(OC)cc1NC(=O)Cc1ccc(NC(=O)Nc2ccccc2)cc1. The van der Waals surface area contributed by atoms with Crippen molar-refractivity contribution < 1.29 is 28.6 Å². The van der Waals surface area contributed by atoms with Gasteiger partial charge in [0.15, 0.2) is 11.5 Å². The topological polar surface area (TPSA) is 115 Å². The van der Waals surface area contributed by atoms with Crippen LogP contribution in [0.4, 0.5) is 21.9 Å². The van der Waals surface area contributed by atoms with Crippen molar-refractivity contribution in [1.29, 1.82) is 0 Å². The number of amides is 3. The fourth-order valence-electron chi connectivity index (χ4n) is 3.26. The Morgan fingerprint density at radius 3 is 1.97 bits per heavy atom. The van der Waals surface area contributed by atoms with E-state index in [1.165, 1.54) is 26.4 Å². The van der Waals surface area contributed by atoms with Gasteiger partial charge in [-0.25, -0.2) is 9.59 Å². The highest BCUT2D eigenvalue weighted by Crippen LogP contribution is 2.34. The monoisotopic (exact) mass is 477 g/mol. The van der Waals surface area contributed by atoms with E-state index in [4.69, 9.17) is 14.2 Å². The summed E-state index contributed by atoms with van der Waals surface area (Å²) in [5, 5.41) is 8.22. The molecule has 0 aliphatic heterocycles. The Kier molecular flexibility index (Phi) is 8.66. The first kappa shape index (κ1) is 25.1. The van der Waals surface area contributed by atoms with E-state index in [0.29, 0.717) is 22.9 Å². The van der Waals surface area contributed by atoms with Crippen LogP contribution in [0.3, 0.4) is 0 Å². The van der Waals surface area contributed by atoms with Crippen molar-refractivity contribution in [2.24, 2.45) is 0 Å². The predicted octanol–water partition coefficient (Wildman–Crippen LogP) is 4.71. The average molecular weight is 478 g/mol. The van der Waals surface area contributed by atoms with Gasteiger partial charge in [0.25, 0.3) is 0 Å². The molecule has 0 spiro atoms. The molecule has 0 bridgehead atoms. The molecule has 0 aromatic heterocycles. The van der Waals surface area contributed by atoms with E-state index in [1.807, 2.05) is 18.2 Å². The van der Waals surface area contributed by atoms with E-state index in [2.05, 4.69) is 16.0 Å². The van der Waals surface area contributed by atoms with Crippen molar-refractivity contribution in [3.8, 4) is 11.5 Å². The second-order valence-electron chi connectivity index (χ2n) is 7.34. The molecule has 0 unspecified atom stereocenters. The highest BCUT2D eigenvalue weighted by molar-refractivity contribution is 6.03. The smallest absolute Gasteiger partial charge is 0.340 e. The summed E-state index contributed by atoms with van der Waals surface area (Å²) in [4.78, 5) is 37.3. The zero-order valence-electron chi connectivity index (χ0n) is 19.7. The van der Waals surface area contributed by atoms with E-state index in [-0.39, 0.29) is 36.2 Å². The number of ether oxygens (including phenoxy) is 3. The van der Waals surface area contributed by atoms with E-state index < -0.39 is 5.97 Å². The third-order valence-corrected chi connectivity index (χ3v) is 4.90. The third-order valence-electron chi connectivity index (χ3n) is 4.90. The normalized spacial score (nSPS) is 10.1. The van der Waals surface area contributed by atoms with Crippen molar-refractivity contribution in [3.63, 3.8) is 0 Å². The maximum absolute atomic E-state index is 12.7. The minimum Gasteiger partial charge on any atom is -0.493 e. The van der Waals surface area contributed by atoms with Gasteiger partial charge >= 0.3 is 12.0 Å². The predicted molar refractivity (Wildman–Crippen MR) is 133 cm³/mol. The number of hydrogen-bond acceptors (Lipinski definition) is 6.